The first-order valence-electron chi connectivity index (χ1n) is 7.64. The summed E-state index contributed by atoms with van der Waals surface area (Å²) in [4.78, 5) is 15.0. The van der Waals surface area contributed by atoms with Gasteiger partial charge >= 0.3 is 0 Å². The van der Waals surface area contributed by atoms with E-state index in [9.17, 15) is 10.1 Å². The lowest BCUT2D eigenvalue weighted by molar-refractivity contribution is -0.384. The maximum atomic E-state index is 10.9. The van der Waals surface area contributed by atoms with Crippen LogP contribution in [0.15, 0.2) is 42.5 Å². The van der Waals surface area contributed by atoms with Gasteiger partial charge in [-0.1, -0.05) is 12.1 Å². The summed E-state index contributed by atoms with van der Waals surface area (Å²) in [5.41, 5.74) is 2.63. The first kappa shape index (κ1) is 15.8. The molecule has 1 aromatic heterocycles. The largest absolute Gasteiger partial charge is 0.497 e. The fraction of sp³-hybridized carbons (Fsp3) is 0.235. The molecular weight excluding hydrogens is 308 g/mol. The Hall–Kier alpha value is -3.09. The van der Waals surface area contributed by atoms with Crippen molar-refractivity contribution in [3.05, 3.63) is 58.1 Å². The highest BCUT2D eigenvalue weighted by Crippen LogP contribution is 2.24. The van der Waals surface area contributed by atoms with Crippen LogP contribution in [0.4, 0.5) is 11.6 Å². The van der Waals surface area contributed by atoms with Crippen LogP contribution in [0, 0.1) is 10.1 Å². The minimum Gasteiger partial charge on any atom is -0.497 e. The zero-order chi connectivity index (χ0) is 17.1. The number of aryl methyl sites for hydroxylation is 1. The van der Waals surface area contributed by atoms with Crippen molar-refractivity contribution >= 4 is 22.7 Å². The Morgan fingerprint density at radius 2 is 2.00 bits per heavy atom. The first-order valence-corrected chi connectivity index (χ1v) is 7.64. The van der Waals surface area contributed by atoms with Gasteiger partial charge in [0.05, 0.1) is 23.1 Å². The van der Waals surface area contributed by atoms with E-state index in [1.165, 1.54) is 12.1 Å². The van der Waals surface area contributed by atoms with Gasteiger partial charge in [0.15, 0.2) is 0 Å². The van der Waals surface area contributed by atoms with Gasteiger partial charge in [-0.15, -0.1) is 0 Å². The van der Waals surface area contributed by atoms with Gasteiger partial charge in [0.2, 0.25) is 5.95 Å². The second kappa shape index (κ2) is 6.57. The number of benzene rings is 2. The average Bonchev–Trinajstić information content (AvgIpc) is 2.96. The summed E-state index contributed by atoms with van der Waals surface area (Å²) in [6, 6.07) is 12.5. The molecule has 0 saturated heterocycles. The number of hydrogen-bond acceptors (Lipinski definition) is 5. The number of methoxy groups -OCH3 is 1. The molecule has 0 amide bonds. The zero-order valence-electron chi connectivity index (χ0n) is 13.5. The predicted molar refractivity (Wildman–Crippen MR) is 92.4 cm³/mol. The number of ether oxygens (including phenoxy) is 1. The summed E-state index contributed by atoms with van der Waals surface area (Å²) in [5, 5.41) is 14.2. The highest BCUT2D eigenvalue weighted by Gasteiger charge is 2.13. The van der Waals surface area contributed by atoms with E-state index in [0.717, 1.165) is 23.4 Å². The van der Waals surface area contributed by atoms with E-state index in [2.05, 4.69) is 10.3 Å². The molecule has 124 valence electrons. The van der Waals surface area contributed by atoms with Crippen molar-refractivity contribution in [2.45, 2.75) is 20.0 Å². The second-order valence-electron chi connectivity index (χ2n) is 5.31. The fourth-order valence-corrected chi connectivity index (χ4v) is 2.61. The quantitative estimate of drug-likeness (QED) is 0.553. The molecule has 0 aliphatic carbocycles. The third-order valence-electron chi connectivity index (χ3n) is 3.87. The third-order valence-corrected chi connectivity index (χ3v) is 3.87. The van der Waals surface area contributed by atoms with Crippen LogP contribution >= 0.6 is 0 Å². The molecule has 0 aliphatic rings. The van der Waals surface area contributed by atoms with E-state index in [-0.39, 0.29) is 5.69 Å². The van der Waals surface area contributed by atoms with Crippen molar-refractivity contribution in [2.24, 2.45) is 0 Å². The average molecular weight is 326 g/mol. The summed E-state index contributed by atoms with van der Waals surface area (Å²) in [6.07, 6.45) is 0. The van der Waals surface area contributed by atoms with Gasteiger partial charge in [0.1, 0.15) is 5.75 Å². The maximum absolute atomic E-state index is 10.9. The van der Waals surface area contributed by atoms with E-state index in [4.69, 9.17) is 4.74 Å². The van der Waals surface area contributed by atoms with Crippen molar-refractivity contribution in [2.75, 3.05) is 12.4 Å². The molecule has 1 heterocycles. The Balaban J connectivity index is 1.86. The van der Waals surface area contributed by atoms with Crippen molar-refractivity contribution < 1.29 is 9.66 Å². The summed E-state index contributed by atoms with van der Waals surface area (Å²) in [6.45, 7) is 3.34. The molecule has 0 fully saturated rings. The molecule has 0 spiro atoms. The number of anilines is 1. The summed E-state index contributed by atoms with van der Waals surface area (Å²) in [7, 11) is 1.63. The first-order chi connectivity index (χ1) is 11.6. The normalized spacial score (nSPS) is 10.8. The summed E-state index contributed by atoms with van der Waals surface area (Å²) >= 11 is 0. The van der Waals surface area contributed by atoms with Crippen LogP contribution in [0.3, 0.4) is 0 Å². The third kappa shape index (κ3) is 3.01. The molecule has 2 aromatic carbocycles. The predicted octanol–water partition coefficient (Wildman–Crippen LogP) is 3.59. The number of nitrogens with zero attached hydrogens (tertiary/aromatic N) is 3. The molecule has 0 aliphatic heterocycles. The van der Waals surface area contributed by atoms with E-state index < -0.39 is 4.92 Å². The molecule has 0 unspecified atom stereocenters. The maximum Gasteiger partial charge on any atom is 0.271 e. The summed E-state index contributed by atoms with van der Waals surface area (Å²) in [5.74, 6) is 1.51. The standard InChI is InChI=1S/C17H18N4O3/c1-3-20-16-9-6-13(21(22)23)10-15(16)19-17(20)18-11-12-4-7-14(24-2)8-5-12/h4-10H,3,11H2,1-2H3,(H,18,19). The van der Waals surface area contributed by atoms with Crippen LogP contribution in [0.25, 0.3) is 11.0 Å². The highest BCUT2D eigenvalue weighted by atomic mass is 16.6. The second-order valence-corrected chi connectivity index (χ2v) is 5.31. The van der Waals surface area contributed by atoms with Gasteiger partial charge < -0.3 is 14.6 Å². The topological polar surface area (TPSA) is 82.2 Å². The molecule has 7 heteroatoms. The van der Waals surface area contributed by atoms with Crippen LogP contribution in [0.1, 0.15) is 12.5 Å². The minimum atomic E-state index is -0.408. The molecule has 0 bridgehead atoms. The number of nitrogens with one attached hydrogen (secondary N) is 1. The number of nitro benzene ring substituents is 1. The number of non-ortho nitro benzene ring substituents is 1. The number of imidazole rings is 1. The van der Waals surface area contributed by atoms with Gasteiger partial charge in [-0.3, -0.25) is 10.1 Å². The van der Waals surface area contributed by atoms with Gasteiger partial charge in [-0.2, -0.15) is 0 Å². The van der Waals surface area contributed by atoms with Crippen LogP contribution in [-0.2, 0) is 13.1 Å². The van der Waals surface area contributed by atoms with E-state index in [1.807, 2.05) is 35.8 Å². The van der Waals surface area contributed by atoms with Gasteiger partial charge in [0.25, 0.3) is 5.69 Å². The molecule has 7 nitrogen and oxygen atoms in total. The number of aromatic nitrogens is 2. The molecule has 0 atom stereocenters. The van der Waals surface area contributed by atoms with Gasteiger partial charge in [0, 0.05) is 25.2 Å². The minimum absolute atomic E-state index is 0.0463. The fourth-order valence-electron chi connectivity index (χ4n) is 2.61. The lowest BCUT2D eigenvalue weighted by Crippen LogP contribution is -2.06. The van der Waals surface area contributed by atoms with Gasteiger partial charge in [-0.25, -0.2) is 4.98 Å². The molecule has 3 rings (SSSR count). The molecule has 0 radical (unpaired) electrons. The Bertz CT molecular complexity index is 871. The van der Waals surface area contributed by atoms with Crippen LogP contribution in [-0.4, -0.2) is 21.6 Å². The number of hydrogen-bond donors (Lipinski definition) is 1. The molecule has 3 aromatic rings. The Kier molecular flexibility index (Phi) is 4.33. The van der Waals surface area contributed by atoms with E-state index in [1.54, 1.807) is 13.2 Å². The SMILES string of the molecule is CCn1c(NCc2ccc(OC)cc2)nc2cc([N+](=O)[O-])ccc21. The smallest absolute Gasteiger partial charge is 0.271 e. The van der Waals surface area contributed by atoms with Crippen molar-refractivity contribution in [1.29, 1.82) is 0 Å². The molecular formula is C17H18N4O3. The van der Waals surface area contributed by atoms with Crippen LogP contribution in [0.5, 0.6) is 5.75 Å². The zero-order valence-corrected chi connectivity index (χ0v) is 13.5. The lowest BCUT2D eigenvalue weighted by atomic mass is 10.2. The summed E-state index contributed by atoms with van der Waals surface area (Å²) < 4.78 is 7.15. The van der Waals surface area contributed by atoms with E-state index >= 15 is 0 Å². The van der Waals surface area contributed by atoms with Crippen LogP contribution in [0.2, 0.25) is 0 Å². The van der Waals surface area contributed by atoms with Crippen LogP contribution < -0.4 is 10.1 Å². The Morgan fingerprint density at radius 3 is 2.62 bits per heavy atom. The van der Waals surface area contributed by atoms with Crippen molar-refractivity contribution in [3.8, 4) is 5.75 Å². The Morgan fingerprint density at radius 1 is 1.25 bits per heavy atom. The molecule has 0 saturated carbocycles. The highest BCUT2D eigenvalue weighted by molar-refractivity contribution is 5.81. The van der Waals surface area contributed by atoms with Gasteiger partial charge in [-0.05, 0) is 30.7 Å². The number of nitro groups is 1. The van der Waals surface area contributed by atoms with E-state index in [0.29, 0.717) is 18.0 Å². The Labute approximate surface area is 139 Å². The lowest BCUT2D eigenvalue weighted by Gasteiger charge is -2.09. The van der Waals surface area contributed by atoms with Crippen molar-refractivity contribution in [1.82, 2.24) is 9.55 Å². The number of fused-ring (bicyclic) bond motifs is 1. The molecule has 1 N–H and O–H groups in total. The van der Waals surface area contributed by atoms with Crippen molar-refractivity contribution in [3.63, 3.8) is 0 Å². The monoisotopic (exact) mass is 326 g/mol. The number of rotatable bonds is 6. The molecule has 24 heavy (non-hydrogen) atoms.